The van der Waals surface area contributed by atoms with Gasteiger partial charge in [-0.1, -0.05) is 0 Å². The minimum atomic E-state index is -0.667. The minimum Gasteiger partial charge on any atom is -0.486 e. The molecule has 16 heavy (non-hydrogen) atoms. The maximum absolute atomic E-state index is 13.4. The Morgan fingerprint density at radius 3 is 2.62 bits per heavy atom. The molecule has 5 heteroatoms. The molecule has 88 valence electrons. The normalized spacial score (nSPS) is 24.0. The molecule has 0 amide bonds. The van der Waals surface area contributed by atoms with Crippen molar-refractivity contribution in [2.75, 3.05) is 7.05 Å². The monoisotopic (exact) mass is 291 g/mol. The Kier molecular flexibility index (Phi) is 3.44. The van der Waals surface area contributed by atoms with E-state index in [2.05, 4.69) is 21.2 Å². The standard InChI is InChI=1S/C11H12BrF2NO/c1-15-7-4-8(5-7)16-11-9(12)2-6(13)3-10(11)14/h2-3,7-8,15H,4-5H2,1H3. The van der Waals surface area contributed by atoms with Crippen molar-refractivity contribution in [1.29, 1.82) is 0 Å². The zero-order chi connectivity index (χ0) is 11.7. The lowest BCUT2D eigenvalue weighted by Crippen LogP contribution is -2.45. The smallest absolute Gasteiger partial charge is 0.169 e. The highest BCUT2D eigenvalue weighted by molar-refractivity contribution is 9.10. The molecule has 1 aliphatic carbocycles. The van der Waals surface area contributed by atoms with Crippen molar-refractivity contribution in [2.45, 2.75) is 25.0 Å². The third kappa shape index (κ3) is 2.35. The fraction of sp³-hybridized carbons (Fsp3) is 0.455. The summed E-state index contributed by atoms with van der Waals surface area (Å²) in [6.07, 6.45) is 1.70. The van der Waals surface area contributed by atoms with E-state index in [0.29, 0.717) is 10.5 Å². The zero-order valence-electron chi connectivity index (χ0n) is 8.77. The Bertz CT molecular complexity index is 371. The Balaban J connectivity index is 2.05. The second-order valence-electron chi connectivity index (χ2n) is 3.90. The predicted molar refractivity (Wildman–Crippen MR) is 60.6 cm³/mol. The van der Waals surface area contributed by atoms with Crippen LogP contribution >= 0.6 is 15.9 Å². The summed E-state index contributed by atoms with van der Waals surface area (Å²) >= 11 is 3.09. The van der Waals surface area contributed by atoms with E-state index in [9.17, 15) is 8.78 Å². The van der Waals surface area contributed by atoms with Crippen molar-refractivity contribution >= 4 is 15.9 Å². The molecule has 1 aromatic carbocycles. The van der Waals surface area contributed by atoms with Gasteiger partial charge >= 0.3 is 0 Å². The van der Waals surface area contributed by atoms with Gasteiger partial charge in [-0.2, -0.15) is 0 Å². The molecule has 0 aliphatic heterocycles. The molecule has 0 radical (unpaired) electrons. The van der Waals surface area contributed by atoms with Gasteiger partial charge in [0.15, 0.2) is 11.6 Å². The summed E-state index contributed by atoms with van der Waals surface area (Å²) in [7, 11) is 1.88. The average Bonchev–Trinajstić information content (AvgIpc) is 2.13. The molecule has 1 aliphatic rings. The van der Waals surface area contributed by atoms with Crippen molar-refractivity contribution in [3.05, 3.63) is 28.2 Å². The summed E-state index contributed by atoms with van der Waals surface area (Å²) in [5.41, 5.74) is 0. The molecule has 0 bridgehead atoms. The molecule has 0 aromatic heterocycles. The summed E-state index contributed by atoms with van der Waals surface area (Å²) in [4.78, 5) is 0. The Morgan fingerprint density at radius 1 is 1.38 bits per heavy atom. The number of nitrogens with one attached hydrogen (secondary N) is 1. The van der Waals surface area contributed by atoms with E-state index in [0.717, 1.165) is 18.9 Å². The zero-order valence-corrected chi connectivity index (χ0v) is 10.4. The van der Waals surface area contributed by atoms with E-state index in [1.807, 2.05) is 7.05 Å². The van der Waals surface area contributed by atoms with Crippen LogP contribution in [0.2, 0.25) is 0 Å². The van der Waals surface area contributed by atoms with Gasteiger partial charge in [0, 0.05) is 12.1 Å². The molecule has 0 heterocycles. The Hall–Kier alpha value is -0.680. The third-order valence-corrected chi connectivity index (χ3v) is 3.34. The van der Waals surface area contributed by atoms with Crippen LogP contribution in [0.15, 0.2) is 16.6 Å². The first kappa shape index (κ1) is 11.8. The van der Waals surface area contributed by atoms with E-state index in [4.69, 9.17) is 4.74 Å². The number of rotatable bonds is 3. The van der Waals surface area contributed by atoms with Crippen LogP contribution in [0.5, 0.6) is 5.75 Å². The number of hydrogen-bond acceptors (Lipinski definition) is 2. The largest absolute Gasteiger partial charge is 0.486 e. The first-order valence-corrected chi connectivity index (χ1v) is 5.88. The van der Waals surface area contributed by atoms with Gasteiger partial charge in [-0.15, -0.1) is 0 Å². The maximum Gasteiger partial charge on any atom is 0.169 e. The molecule has 1 N–H and O–H groups in total. The fourth-order valence-corrected chi connectivity index (χ4v) is 2.21. The lowest BCUT2D eigenvalue weighted by molar-refractivity contribution is 0.0834. The second-order valence-corrected chi connectivity index (χ2v) is 4.75. The van der Waals surface area contributed by atoms with Gasteiger partial charge in [-0.05, 0) is 41.9 Å². The van der Waals surface area contributed by atoms with E-state index >= 15 is 0 Å². The van der Waals surface area contributed by atoms with Crippen molar-refractivity contribution in [1.82, 2.24) is 5.32 Å². The first-order valence-electron chi connectivity index (χ1n) is 5.08. The molecule has 0 unspecified atom stereocenters. The predicted octanol–water partition coefficient (Wildman–Crippen LogP) is 2.86. The first-order chi connectivity index (χ1) is 7.60. The average molecular weight is 292 g/mol. The van der Waals surface area contributed by atoms with Crippen LogP contribution in [-0.4, -0.2) is 19.2 Å². The summed E-state index contributed by atoms with van der Waals surface area (Å²) in [5.74, 6) is -1.18. The number of ether oxygens (including phenoxy) is 1. The molecule has 0 saturated heterocycles. The lowest BCUT2D eigenvalue weighted by atomic mass is 9.89. The molecule has 1 saturated carbocycles. The Morgan fingerprint density at radius 2 is 2.06 bits per heavy atom. The van der Waals surface area contributed by atoms with E-state index in [1.165, 1.54) is 6.07 Å². The Labute approximate surface area is 101 Å². The molecule has 0 atom stereocenters. The van der Waals surface area contributed by atoms with E-state index < -0.39 is 11.6 Å². The highest BCUT2D eigenvalue weighted by atomic mass is 79.9. The molecule has 2 rings (SSSR count). The SMILES string of the molecule is CNC1CC(Oc2c(F)cc(F)cc2Br)C1. The summed E-state index contributed by atoms with van der Waals surface area (Å²) < 4.78 is 32.0. The van der Waals surface area contributed by atoms with Crippen LogP contribution in [0.4, 0.5) is 8.78 Å². The maximum atomic E-state index is 13.4. The van der Waals surface area contributed by atoms with Gasteiger partial charge in [0.25, 0.3) is 0 Å². The van der Waals surface area contributed by atoms with Gasteiger partial charge in [-0.3, -0.25) is 0 Å². The van der Waals surface area contributed by atoms with Crippen molar-refractivity contribution in [3.63, 3.8) is 0 Å². The summed E-state index contributed by atoms with van der Waals surface area (Å²) in [5, 5.41) is 3.11. The van der Waals surface area contributed by atoms with E-state index in [-0.39, 0.29) is 11.9 Å². The van der Waals surface area contributed by atoms with Crippen LogP contribution in [0, 0.1) is 11.6 Å². The van der Waals surface area contributed by atoms with Crippen LogP contribution in [0.25, 0.3) is 0 Å². The van der Waals surface area contributed by atoms with Crippen LogP contribution in [0.3, 0.4) is 0 Å². The quantitative estimate of drug-likeness (QED) is 0.925. The highest BCUT2D eigenvalue weighted by Crippen LogP contribution is 2.33. The lowest BCUT2D eigenvalue weighted by Gasteiger charge is -2.35. The van der Waals surface area contributed by atoms with E-state index in [1.54, 1.807) is 0 Å². The molecule has 1 fully saturated rings. The molecule has 2 nitrogen and oxygen atoms in total. The van der Waals surface area contributed by atoms with Gasteiger partial charge in [0.05, 0.1) is 4.47 Å². The number of halogens is 3. The summed E-state index contributed by atoms with van der Waals surface area (Å²) in [6.45, 7) is 0. The highest BCUT2D eigenvalue weighted by Gasteiger charge is 2.30. The second kappa shape index (κ2) is 4.67. The fourth-order valence-electron chi connectivity index (χ4n) is 1.71. The molecule has 1 aromatic rings. The topological polar surface area (TPSA) is 21.3 Å². The van der Waals surface area contributed by atoms with Gasteiger partial charge in [0.2, 0.25) is 0 Å². The van der Waals surface area contributed by atoms with Crippen LogP contribution < -0.4 is 10.1 Å². The van der Waals surface area contributed by atoms with Gasteiger partial charge in [0.1, 0.15) is 11.9 Å². The van der Waals surface area contributed by atoms with Crippen molar-refractivity contribution in [3.8, 4) is 5.75 Å². The summed E-state index contributed by atoms with van der Waals surface area (Å²) in [6, 6.07) is 2.47. The van der Waals surface area contributed by atoms with Crippen LogP contribution in [0.1, 0.15) is 12.8 Å². The molecule has 0 spiro atoms. The van der Waals surface area contributed by atoms with Crippen molar-refractivity contribution < 1.29 is 13.5 Å². The van der Waals surface area contributed by atoms with Gasteiger partial charge in [-0.25, -0.2) is 8.78 Å². The third-order valence-electron chi connectivity index (χ3n) is 2.75. The minimum absolute atomic E-state index is 0.00807. The number of benzene rings is 1. The van der Waals surface area contributed by atoms with Crippen LogP contribution in [-0.2, 0) is 0 Å². The molecular formula is C11H12BrF2NO. The van der Waals surface area contributed by atoms with Crippen molar-refractivity contribution in [2.24, 2.45) is 0 Å². The number of hydrogen-bond donors (Lipinski definition) is 1. The molecular weight excluding hydrogens is 280 g/mol. The van der Waals surface area contributed by atoms with Gasteiger partial charge < -0.3 is 10.1 Å².